The molecular formula is C12H10N4OS. The summed E-state index contributed by atoms with van der Waals surface area (Å²) in [6.45, 7) is 0.495. The molecule has 0 spiro atoms. The summed E-state index contributed by atoms with van der Waals surface area (Å²) in [7, 11) is 0. The molecule has 0 aliphatic rings. The first-order chi connectivity index (χ1) is 8.75. The van der Waals surface area contributed by atoms with Crippen LogP contribution in [-0.4, -0.2) is 19.5 Å². The molecule has 5 nitrogen and oxygen atoms in total. The van der Waals surface area contributed by atoms with E-state index in [1.165, 1.54) is 6.33 Å². The number of imidazole rings is 1. The minimum atomic E-state index is -0.191. The fourth-order valence-corrected chi connectivity index (χ4v) is 2.11. The van der Waals surface area contributed by atoms with Crippen LogP contribution < -0.4 is 5.69 Å². The summed E-state index contributed by atoms with van der Waals surface area (Å²) in [5.41, 5.74) is 2.11. The molecule has 3 aromatic rings. The van der Waals surface area contributed by atoms with Gasteiger partial charge >= 0.3 is 5.69 Å². The highest BCUT2D eigenvalue weighted by atomic mass is 32.1. The van der Waals surface area contributed by atoms with E-state index in [2.05, 4.69) is 15.0 Å². The number of hydrogen-bond acceptors (Lipinski definition) is 3. The maximum Gasteiger partial charge on any atom is 0.328 e. The Balaban J connectivity index is 2.18. The minimum absolute atomic E-state index is 0.191. The second-order valence-corrected chi connectivity index (χ2v) is 4.32. The summed E-state index contributed by atoms with van der Waals surface area (Å²) >= 11 is 5.08. The highest BCUT2D eigenvalue weighted by molar-refractivity contribution is 7.71. The third kappa shape index (κ3) is 1.76. The number of hydrogen-bond donors (Lipinski definition) is 2. The molecule has 0 aliphatic carbocycles. The monoisotopic (exact) mass is 258 g/mol. The zero-order valence-corrected chi connectivity index (χ0v) is 10.2. The van der Waals surface area contributed by atoms with Crippen molar-refractivity contribution in [2.24, 2.45) is 0 Å². The first-order valence-corrected chi connectivity index (χ1v) is 5.86. The molecular weight excluding hydrogens is 248 g/mol. The predicted octanol–water partition coefficient (Wildman–Crippen LogP) is 1.83. The lowest BCUT2D eigenvalue weighted by Crippen LogP contribution is -2.17. The second-order valence-electron chi connectivity index (χ2n) is 3.93. The lowest BCUT2D eigenvalue weighted by molar-refractivity contribution is 0.777. The van der Waals surface area contributed by atoms with Crippen molar-refractivity contribution in [2.75, 3.05) is 0 Å². The fraction of sp³-hybridized carbons (Fsp3) is 0.0833. The van der Waals surface area contributed by atoms with Gasteiger partial charge in [0.2, 0.25) is 0 Å². The number of nitrogens with one attached hydrogen (secondary N) is 2. The lowest BCUT2D eigenvalue weighted by atomic mass is 10.2. The Kier molecular flexibility index (Phi) is 2.56. The number of rotatable bonds is 2. The van der Waals surface area contributed by atoms with Gasteiger partial charge in [-0.1, -0.05) is 42.5 Å². The number of H-pyrrole nitrogens is 2. The molecule has 0 saturated carbocycles. The Labute approximate surface area is 107 Å². The normalized spacial score (nSPS) is 10.9. The van der Waals surface area contributed by atoms with Gasteiger partial charge in [0.25, 0.3) is 0 Å². The molecule has 6 heteroatoms. The Morgan fingerprint density at radius 1 is 1.28 bits per heavy atom. The molecule has 90 valence electrons. The molecule has 1 aromatic carbocycles. The van der Waals surface area contributed by atoms with Crippen molar-refractivity contribution in [1.29, 1.82) is 0 Å². The van der Waals surface area contributed by atoms with Gasteiger partial charge in [-0.15, -0.1) is 0 Å². The van der Waals surface area contributed by atoms with Gasteiger partial charge in [-0.05, 0) is 5.56 Å². The van der Waals surface area contributed by atoms with Crippen molar-refractivity contribution in [1.82, 2.24) is 19.5 Å². The summed E-state index contributed by atoms with van der Waals surface area (Å²) in [4.78, 5) is 21.5. The van der Waals surface area contributed by atoms with Crippen LogP contribution in [0, 0.1) is 4.64 Å². The second kappa shape index (κ2) is 4.23. The Bertz CT molecular complexity index is 800. The van der Waals surface area contributed by atoms with E-state index in [9.17, 15) is 4.79 Å². The molecule has 0 aliphatic heterocycles. The minimum Gasteiger partial charge on any atom is -0.330 e. The van der Waals surface area contributed by atoms with Crippen LogP contribution in [0.1, 0.15) is 5.56 Å². The van der Waals surface area contributed by atoms with Gasteiger partial charge in [0.1, 0.15) is 11.2 Å². The van der Waals surface area contributed by atoms with Crippen molar-refractivity contribution in [3.8, 4) is 0 Å². The molecule has 0 atom stereocenters. The van der Waals surface area contributed by atoms with Crippen LogP contribution in [-0.2, 0) is 6.54 Å². The molecule has 3 rings (SSSR count). The van der Waals surface area contributed by atoms with E-state index < -0.39 is 0 Å². The summed E-state index contributed by atoms with van der Waals surface area (Å²) in [5, 5.41) is 0. The van der Waals surface area contributed by atoms with Gasteiger partial charge in [-0.25, -0.2) is 9.78 Å². The largest absolute Gasteiger partial charge is 0.330 e. The fourth-order valence-electron chi connectivity index (χ4n) is 1.91. The average Bonchev–Trinajstić information content (AvgIpc) is 2.70. The molecule has 0 saturated heterocycles. The molecule has 0 unspecified atom stereocenters. The number of fused-ring (bicyclic) bond motifs is 1. The predicted molar refractivity (Wildman–Crippen MR) is 71.1 cm³/mol. The molecule has 2 aromatic heterocycles. The van der Waals surface area contributed by atoms with Crippen LogP contribution >= 0.6 is 12.2 Å². The number of aromatic nitrogens is 4. The van der Waals surface area contributed by atoms with Crippen molar-refractivity contribution < 1.29 is 0 Å². The summed E-state index contributed by atoms with van der Waals surface area (Å²) < 4.78 is 2.01. The van der Waals surface area contributed by atoms with Gasteiger partial charge in [0.15, 0.2) is 4.64 Å². The number of nitrogens with zero attached hydrogens (tertiary/aromatic N) is 2. The van der Waals surface area contributed by atoms with E-state index in [-0.39, 0.29) is 5.69 Å². The van der Waals surface area contributed by atoms with E-state index in [1.54, 1.807) is 4.57 Å². The van der Waals surface area contributed by atoms with Crippen LogP contribution in [0.2, 0.25) is 0 Å². The van der Waals surface area contributed by atoms with Gasteiger partial charge in [-0.3, -0.25) is 4.57 Å². The summed E-state index contributed by atoms with van der Waals surface area (Å²) in [5.74, 6) is 0. The van der Waals surface area contributed by atoms with E-state index >= 15 is 0 Å². The van der Waals surface area contributed by atoms with Crippen LogP contribution in [0.5, 0.6) is 0 Å². The highest BCUT2D eigenvalue weighted by Gasteiger charge is 2.08. The third-order valence-electron chi connectivity index (χ3n) is 2.76. The molecule has 18 heavy (non-hydrogen) atoms. The zero-order chi connectivity index (χ0) is 12.5. The van der Waals surface area contributed by atoms with Crippen LogP contribution in [0.3, 0.4) is 0 Å². The van der Waals surface area contributed by atoms with Crippen molar-refractivity contribution >= 4 is 23.4 Å². The molecule has 2 N–H and O–H groups in total. The van der Waals surface area contributed by atoms with Gasteiger partial charge in [-0.2, -0.15) is 0 Å². The van der Waals surface area contributed by atoms with Gasteiger partial charge < -0.3 is 9.97 Å². The van der Waals surface area contributed by atoms with Crippen molar-refractivity contribution in [3.05, 3.63) is 57.3 Å². The average molecular weight is 258 g/mol. The van der Waals surface area contributed by atoms with Crippen LogP contribution in [0.25, 0.3) is 11.2 Å². The smallest absolute Gasteiger partial charge is 0.328 e. The van der Waals surface area contributed by atoms with E-state index in [0.717, 1.165) is 5.56 Å². The van der Waals surface area contributed by atoms with Crippen molar-refractivity contribution in [3.63, 3.8) is 0 Å². The van der Waals surface area contributed by atoms with E-state index in [1.807, 2.05) is 30.3 Å². The van der Waals surface area contributed by atoms with Gasteiger partial charge in [0.05, 0.1) is 12.9 Å². The quantitative estimate of drug-likeness (QED) is 0.689. The highest BCUT2D eigenvalue weighted by Crippen LogP contribution is 2.09. The van der Waals surface area contributed by atoms with E-state index in [4.69, 9.17) is 12.2 Å². The van der Waals surface area contributed by atoms with Crippen LogP contribution in [0.4, 0.5) is 0 Å². The summed E-state index contributed by atoms with van der Waals surface area (Å²) in [6, 6.07) is 9.78. The Morgan fingerprint density at radius 3 is 2.83 bits per heavy atom. The topological polar surface area (TPSA) is 66.5 Å². The SMILES string of the molecule is O=c1[nH]c2c(=S)nc[nH]c2n1Cc1ccccc1. The Hall–Kier alpha value is -2.21. The molecule has 0 radical (unpaired) electrons. The third-order valence-corrected chi connectivity index (χ3v) is 3.07. The maximum atomic E-state index is 11.9. The molecule has 0 bridgehead atoms. The van der Waals surface area contributed by atoms with Crippen LogP contribution in [0.15, 0.2) is 41.5 Å². The number of aromatic amines is 2. The molecule has 0 amide bonds. The first kappa shape index (κ1) is 10.9. The first-order valence-electron chi connectivity index (χ1n) is 5.46. The summed E-state index contributed by atoms with van der Waals surface area (Å²) in [6.07, 6.45) is 1.50. The van der Waals surface area contributed by atoms with Gasteiger partial charge in [0, 0.05) is 0 Å². The molecule has 2 heterocycles. The number of benzene rings is 1. The molecule has 0 fully saturated rings. The van der Waals surface area contributed by atoms with Crippen molar-refractivity contribution in [2.45, 2.75) is 6.54 Å². The lowest BCUT2D eigenvalue weighted by Gasteiger charge is -2.02. The maximum absolute atomic E-state index is 11.9. The standard InChI is InChI=1S/C12H10N4OS/c17-12-15-9-10(13-7-14-11(9)18)16(12)6-8-4-2-1-3-5-8/h1-5,7H,6H2,(H,15,17)(H,13,14,18). The van der Waals surface area contributed by atoms with E-state index in [0.29, 0.717) is 22.3 Å². The zero-order valence-electron chi connectivity index (χ0n) is 9.38. The Morgan fingerprint density at radius 2 is 2.06 bits per heavy atom.